The number of carbonyl (C=O) groups is 5. The van der Waals surface area contributed by atoms with E-state index in [1.807, 2.05) is 0 Å². The van der Waals surface area contributed by atoms with Crippen molar-refractivity contribution >= 4 is 29.6 Å². The monoisotopic (exact) mass is 620 g/mol. The summed E-state index contributed by atoms with van der Waals surface area (Å²) in [6.07, 6.45) is 0.117. The van der Waals surface area contributed by atoms with Crippen molar-refractivity contribution in [2.45, 2.75) is 94.3 Å². The summed E-state index contributed by atoms with van der Waals surface area (Å²) in [4.78, 5) is 66.3. The number of carboxylic acid groups (broad SMARTS) is 1. The second kappa shape index (κ2) is 16.3. The van der Waals surface area contributed by atoms with Gasteiger partial charge in [-0.05, 0) is 69.7 Å². The molecule has 0 aromatic heterocycles. The van der Waals surface area contributed by atoms with Crippen molar-refractivity contribution in [3.8, 4) is 5.75 Å². The molecule has 15 heteroatoms. The van der Waals surface area contributed by atoms with Gasteiger partial charge in [-0.3, -0.25) is 19.2 Å². The zero-order chi connectivity index (χ0) is 32.4. The lowest BCUT2D eigenvalue weighted by molar-refractivity contribution is -0.143. The minimum atomic E-state index is -1.50. The van der Waals surface area contributed by atoms with E-state index in [2.05, 4.69) is 21.3 Å². The molecule has 15 nitrogen and oxygen atoms in total. The molecule has 0 saturated carbocycles. The lowest BCUT2D eigenvalue weighted by atomic mass is 10.0. The molecule has 4 amide bonds. The standard InChI is InChI=1S/C29H44N6O9/c1-16(36)24(34-26(40)23-6-4-12-35(23)28(42)22-14-19(38)15-31-22)27(41)33-21(13-17-7-9-18(37)10-8-17)25(39)32-20(29(43)44)5-2-3-11-30/h7-10,16,19-24,31,36-38H,2-6,11-15,30H2,1H3,(H,32,39)(H,33,41)(H,34,40)(H,43,44)/t16-,19-,20+,21+,22+,23+,24+/m1/s1. The number of hydrogen-bond donors (Lipinski definition) is 9. The topological polar surface area (TPSA) is 244 Å². The number of amides is 4. The van der Waals surface area contributed by atoms with Crippen molar-refractivity contribution in [2.24, 2.45) is 5.73 Å². The van der Waals surface area contributed by atoms with E-state index >= 15 is 0 Å². The highest BCUT2D eigenvalue weighted by atomic mass is 16.4. The molecule has 0 bridgehead atoms. The first-order valence-electron chi connectivity index (χ1n) is 14.9. The first kappa shape index (κ1) is 34.7. The molecular weight excluding hydrogens is 576 g/mol. The first-order valence-corrected chi connectivity index (χ1v) is 14.9. The zero-order valence-electron chi connectivity index (χ0n) is 24.8. The van der Waals surface area contributed by atoms with Crippen molar-refractivity contribution in [3.63, 3.8) is 0 Å². The molecule has 7 atom stereocenters. The van der Waals surface area contributed by atoms with Gasteiger partial charge in [0.1, 0.15) is 29.9 Å². The number of unbranched alkanes of at least 4 members (excludes halogenated alkanes) is 1. The molecule has 2 aliphatic heterocycles. The lowest BCUT2D eigenvalue weighted by Crippen LogP contribution is -2.60. The number of aliphatic carboxylic acids is 1. The first-order chi connectivity index (χ1) is 20.9. The third-order valence-electron chi connectivity index (χ3n) is 7.88. The number of nitrogens with two attached hydrogens (primary N) is 1. The number of nitrogens with one attached hydrogen (secondary N) is 4. The molecule has 0 aliphatic carbocycles. The zero-order valence-corrected chi connectivity index (χ0v) is 24.8. The third kappa shape index (κ3) is 9.61. The van der Waals surface area contributed by atoms with Crippen LogP contribution in [0.2, 0.25) is 0 Å². The fourth-order valence-electron chi connectivity index (χ4n) is 5.42. The van der Waals surface area contributed by atoms with E-state index in [9.17, 15) is 44.4 Å². The molecule has 2 heterocycles. The van der Waals surface area contributed by atoms with Crippen LogP contribution in [-0.2, 0) is 30.4 Å². The number of aliphatic hydroxyl groups excluding tert-OH is 2. The van der Waals surface area contributed by atoms with Crippen molar-refractivity contribution in [2.75, 3.05) is 19.6 Å². The Morgan fingerprint density at radius 2 is 1.73 bits per heavy atom. The molecule has 2 saturated heterocycles. The Balaban J connectivity index is 1.74. The number of carbonyl (C=O) groups excluding carboxylic acids is 4. The third-order valence-corrected chi connectivity index (χ3v) is 7.88. The molecule has 1 aromatic rings. The summed E-state index contributed by atoms with van der Waals surface area (Å²) >= 11 is 0. The SMILES string of the molecule is C[C@@H](O)[C@H](NC(=O)[C@@H]1CCCN1C(=O)[C@@H]1C[C@@H](O)CN1)C(=O)N[C@@H](Cc1ccc(O)cc1)C(=O)N[C@@H](CCCCN)C(=O)O. The smallest absolute Gasteiger partial charge is 0.326 e. The molecule has 1 aromatic carbocycles. The van der Waals surface area contributed by atoms with Gasteiger partial charge in [0.05, 0.1) is 18.2 Å². The molecule has 44 heavy (non-hydrogen) atoms. The average molecular weight is 621 g/mol. The van der Waals surface area contributed by atoms with E-state index in [4.69, 9.17) is 5.73 Å². The summed E-state index contributed by atoms with van der Waals surface area (Å²) in [5.74, 6) is -3.93. The molecule has 10 N–H and O–H groups in total. The van der Waals surface area contributed by atoms with Crippen LogP contribution in [0, 0.1) is 0 Å². The van der Waals surface area contributed by atoms with Crippen LogP contribution in [0.1, 0.15) is 51.0 Å². The number of phenolic OH excluding ortho intramolecular Hbond substituents is 1. The van der Waals surface area contributed by atoms with Crippen molar-refractivity contribution in [1.29, 1.82) is 0 Å². The number of benzene rings is 1. The van der Waals surface area contributed by atoms with Crippen LogP contribution in [0.15, 0.2) is 24.3 Å². The van der Waals surface area contributed by atoms with Gasteiger partial charge in [0.25, 0.3) is 0 Å². The molecule has 0 spiro atoms. The number of likely N-dealkylation sites (tertiary alicyclic amines) is 1. The van der Waals surface area contributed by atoms with Crippen LogP contribution in [0.4, 0.5) is 0 Å². The van der Waals surface area contributed by atoms with Crippen molar-refractivity contribution in [1.82, 2.24) is 26.2 Å². The number of carboxylic acids is 1. The normalized spacial score (nSPS) is 22.5. The Morgan fingerprint density at radius 1 is 1.05 bits per heavy atom. The Bertz CT molecular complexity index is 1160. The number of β-amino-alcohol motifs (C(OH)–C–C–N with tert-alkyl or cyclic N) is 1. The maximum atomic E-state index is 13.4. The minimum Gasteiger partial charge on any atom is -0.508 e. The summed E-state index contributed by atoms with van der Waals surface area (Å²) in [5.41, 5.74) is 6.04. The van der Waals surface area contributed by atoms with Crippen LogP contribution >= 0.6 is 0 Å². The Kier molecular flexibility index (Phi) is 12.9. The maximum Gasteiger partial charge on any atom is 0.326 e. The molecule has 3 rings (SSSR count). The van der Waals surface area contributed by atoms with Gasteiger partial charge in [-0.15, -0.1) is 0 Å². The Morgan fingerprint density at radius 3 is 2.32 bits per heavy atom. The van der Waals surface area contributed by atoms with E-state index in [0.29, 0.717) is 44.3 Å². The van der Waals surface area contributed by atoms with Crippen molar-refractivity contribution in [3.05, 3.63) is 29.8 Å². The van der Waals surface area contributed by atoms with Gasteiger partial charge in [-0.1, -0.05) is 12.1 Å². The van der Waals surface area contributed by atoms with Gasteiger partial charge in [0, 0.05) is 19.5 Å². The summed E-state index contributed by atoms with van der Waals surface area (Å²) < 4.78 is 0. The highest BCUT2D eigenvalue weighted by Gasteiger charge is 2.41. The van der Waals surface area contributed by atoms with Crippen LogP contribution in [0.25, 0.3) is 0 Å². The summed E-state index contributed by atoms with van der Waals surface area (Å²) in [6, 6.07) is 0.317. The predicted octanol–water partition coefficient (Wildman–Crippen LogP) is -2.30. The van der Waals surface area contributed by atoms with Crippen LogP contribution in [-0.4, -0.2) is 117 Å². The van der Waals surface area contributed by atoms with Gasteiger partial charge in [0.2, 0.25) is 23.6 Å². The van der Waals surface area contributed by atoms with Gasteiger partial charge in [-0.2, -0.15) is 0 Å². The van der Waals surface area contributed by atoms with E-state index < -0.39 is 66.1 Å². The number of phenols is 1. The number of rotatable bonds is 15. The van der Waals surface area contributed by atoms with Gasteiger partial charge in [0.15, 0.2) is 0 Å². The Hall–Kier alpha value is -3.79. The second-order valence-electron chi connectivity index (χ2n) is 11.4. The molecule has 2 aliphatic rings. The molecule has 0 radical (unpaired) electrons. The molecule has 2 fully saturated rings. The van der Waals surface area contributed by atoms with Gasteiger partial charge < -0.3 is 52.3 Å². The largest absolute Gasteiger partial charge is 0.508 e. The summed E-state index contributed by atoms with van der Waals surface area (Å²) in [5, 5.41) is 49.9. The quantitative estimate of drug-likeness (QED) is 0.0944. The highest BCUT2D eigenvalue weighted by Crippen LogP contribution is 2.21. The fraction of sp³-hybridized carbons (Fsp3) is 0.621. The van der Waals surface area contributed by atoms with E-state index in [-0.39, 0.29) is 37.5 Å². The van der Waals surface area contributed by atoms with Gasteiger partial charge in [-0.25, -0.2) is 4.79 Å². The summed E-state index contributed by atoms with van der Waals surface area (Å²) in [6.45, 7) is 2.24. The van der Waals surface area contributed by atoms with Crippen molar-refractivity contribution < 1.29 is 44.4 Å². The van der Waals surface area contributed by atoms with E-state index in [1.54, 1.807) is 0 Å². The molecule has 244 valence electrons. The number of nitrogens with zero attached hydrogens (tertiary/aromatic N) is 1. The van der Waals surface area contributed by atoms with E-state index in [1.165, 1.54) is 36.1 Å². The summed E-state index contributed by atoms with van der Waals surface area (Å²) in [7, 11) is 0. The predicted molar refractivity (Wildman–Crippen MR) is 157 cm³/mol. The van der Waals surface area contributed by atoms with Crippen LogP contribution in [0.5, 0.6) is 5.75 Å². The molecular formula is C29H44N6O9. The number of aromatic hydroxyl groups is 1. The number of hydrogen-bond acceptors (Lipinski definition) is 10. The Labute approximate surface area is 255 Å². The van der Waals surface area contributed by atoms with Crippen LogP contribution < -0.4 is 27.0 Å². The fourth-order valence-corrected chi connectivity index (χ4v) is 5.42. The number of aliphatic hydroxyl groups is 2. The average Bonchev–Trinajstić information content (AvgIpc) is 3.65. The van der Waals surface area contributed by atoms with E-state index in [0.717, 1.165) is 0 Å². The minimum absolute atomic E-state index is 0.0131. The van der Waals surface area contributed by atoms with Gasteiger partial charge >= 0.3 is 5.97 Å². The van der Waals surface area contributed by atoms with Crippen LogP contribution in [0.3, 0.4) is 0 Å². The maximum absolute atomic E-state index is 13.4. The lowest BCUT2D eigenvalue weighted by Gasteiger charge is -2.30. The second-order valence-corrected chi connectivity index (χ2v) is 11.4. The highest BCUT2D eigenvalue weighted by molar-refractivity contribution is 5.96. The molecule has 0 unspecified atom stereocenters.